The van der Waals surface area contributed by atoms with E-state index in [1.807, 2.05) is 0 Å². The Hall–Kier alpha value is -0.120. The zero-order valence-electron chi connectivity index (χ0n) is 11.0. The average Bonchev–Trinajstić information content (AvgIpc) is 2.75. The molecule has 0 aromatic heterocycles. The Kier molecular flexibility index (Phi) is 6.32. The molecule has 0 radical (unpaired) electrons. The number of likely N-dealkylation sites (N-methyl/N-ethyl adjacent to an activating group) is 1. The Balaban J connectivity index is 2.48. The first-order valence-corrected chi connectivity index (χ1v) is 6.80. The third-order valence-corrected chi connectivity index (χ3v) is 3.84. The molecular weight excluding hydrogens is 200 g/mol. The van der Waals surface area contributed by atoms with E-state index in [-0.39, 0.29) is 6.61 Å². The van der Waals surface area contributed by atoms with Crippen molar-refractivity contribution in [2.24, 2.45) is 5.41 Å². The van der Waals surface area contributed by atoms with Crippen molar-refractivity contribution in [2.45, 2.75) is 39.5 Å². The summed E-state index contributed by atoms with van der Waals surface area (Å²) >= 11 is 0. The minimum absolute atomic E-state index is 0.283. The standard InChI is InChI=1S/C13H28N2O/c1-3-14-11-13(7-5-6-8-13)12-15(4-2)9-10-16/h14,16H,3-12H2,1-2H3. The Labute approximate surface area is 100 Å². The third kappa shape index (κ3) is 4.04. The molecule has 0 aromatic carbocycles. The number of hydrogen-bond donors (Lipinski definition) is 2. The largest absolute Gasteiger partial charge is 0.395 e. The maximum absolute atomic E-state index is 9.04. The van der Waals surface area contributed by atoms with E-state index in [9.17, 15) is 0 Å². The Bertz CT molecular complexity index is 179. The lowest BCUT2D eigenvalue weighted by atomic mass is 9.85. The van der Waals surface area contributed by atoms with Crippen LogP contribution < -0.4 is 5.32 Å². The molecule has 16 heavy (non-hydrogen) atoms. The maximum atomic E-state index is 9.04. The molecule has 0 aliphatic heterocycles. The molecule has 0 spiro atoms. The van der Waals surface area contributed by atoms with Gasteiger partial charge in [-0.1, -0.05) is 26.7 Å². The van der Waals surface area contributed by atoms with Gasteiger partial charge in [-0.15, -0.1) is 0 Å². The maximum Gasteiger partial charge on any atom is 0.0558 e. The van der Waals surface area contributed by atoms with E-state index in [1.165, 1.54) is 25.7 Å². The lowest BCUT2D eigenvalue weighted by Gasteiger charge is -2.35. The predicted molar refractivity (Wildman–Crippen MR) is 68.6 cm³/mol. The fourth-order valence-corrected chi connectivity index (χ4v) is 2.87. The molecular formula is C13H28N2O. The number of rotatable bonds is 8. The first kappa shape index (κ1) is 13.9. The van der Waals surface area contributed by atoms with Crippen LogP contribution in [0.1, 0.15) is 39.5 Å². The molecule has 2 N–H and O–H groups in total. The summed E-state index contributed by atoms with van der Waals surface area (Å²) in [6.45, 7) is 9.87. The summed E-state index contributed by atoms with van der Waals surface area (Å²) in [5.74, 6) is 0. The second-order valence-corrected chi connectivity index (χ2v) is 5.08. The molecule has 0 unspecified atom stereocenters. The Morgan fingerprint density at radius 1 is 1.25 bits per heavy atom. The molecule has 0 heterocycles. The average molecular weight is 228 g/mol. The van der Waals surface area contributed by atoms with E-state index >= 15 is 0 Å². The number of aliphatic hydroxyl groups excluding tert-OH is 1. The van der Waals surface area contributed by atoms with Gasteiger partial charge in [0.15, 0.2) is 0 Å². The quantitative estimate of drug-likeness (QED) is 0.660. The molecule has 3 nitrogen and oxygen atoms in total. The van der Waals surface area contributed by atoms with Crippen molar-refractivity contribution in [3.8, 4) is 0 Å². The van der Waals surface area contributed by atoms with Crippen LogP contribution in [0, 0.1) is 5.41 Å². The number of nitrogens with one attached hydrogen (secondary N) is 1. The third-order valence-electron chi connectivity index (χ3n) is 3.84. The van der Waals surface area contributed by atoms with E-state index in [2.05, 4.69) is 24.1 Å². The first-order chi connectivity index (χ1) is 7.76. The summed E-state index contributed by atoms with van der Waals surface area (Å²) < 4.78 is 0. The number of nitrogens with zero attached hydrogens (tertiary/aromatic N) is 1. The van der Waals surface area contributed by atoms with Crippen molar-refractivity contribution in [2.75, 3.05) is 39.3 Å². The molecule has 1 saturated carbocycles. The van der Waals surface area contributed by atoms with Gasteiger partial charge in [-0.2, -0.15) is 0 Å². The molecule has 0 atom stereocenters. The lowest BCUT2D eigenvalue weighted by Crippen LogP contribution is -2.43. The van der Waals surface area contributed by atoms with Crippen molar-refractivity contribution in [3.05, 3.63) is 0 Å². The normalized spacial score (nSPS) is 19.5. The summed E-state index contributed by atoms with van der Waals surface area (Å²) in [5, 5.41) is 12.6. The fourth-order valence-electron chi connectivity index (χ4n) is 2.87. The minimum Gasteiger partial charge on any atom is -0.395 e. The highest BCUT2D eigenvalue weighted by Crippen LogP contribution is 2.38. The van der Waals surface area contributed by atoms with E-state index in [0.29, 0.717) is 5.41 Å². The Morgan fingerprint density at radius 3 is 2.44 bits per heavy atom. The molecule has 0 amide bonds. The molecule has 0 aromatic rings. The summed E-state index contributed by atoms with van der Waals surface area (Å²) in [6, 6.07) is 0. The monoisotopic (exact) mass is 228 g/mol. The van der Waals surface area contributed by atoms with Crippen LogP contribution in [-0.4, -0.2) is 49.3 Å². The molecule has 1 aliphatic carbocycles. The van der Waals surface area contributed by atoms with Crippen LogP contribution in [0.3, 0.4) is 0 Å². The van der Waals surface area contributed by atoms with Crippen molar-refractivity contribution in [1.82, 2.24) is 10.2 Å². The van der Waals surface area contributed by atoms with Gasteiger partial charge >= 0.3 is 0 Å². The fraction of sp³-hybridized carbons (Fsp3) is 1.00. The van der Waals surface area contributed by atoms with Gasteiger partial charge in [0, 0.05) is 19.6 Å². The van der Waals surface area contributed by atoms with Gasteiger partial charge in [0.2, 0.25) is 0 Å². The van der Waals surface area contributed by atoms with E-state index in [1.54, 1.807) is 0 Å². The highest BCUT2D eigenvalue weighted by molar-refractivity contribution is 4.89. The van der Waals surface area contributed by atoms with Crippen LogP contribution in [0.25, 0.3) is 0 Å². The van der Waals surface area contributed by atoms with Gasteiger partial charge in [-0.25, -0.2) is 0 Å². The van der Waals surface area contributed by atoms with Gasteiger partial charge < -0.3 is 15.3 Å². The molecule has 3 heteroatoms. The van der Waals surface area contributed by atoms with Crippen molar-refractivity contribution in [3.63, 3.8) is 0 Å². The summed E-state index contributed by atoms with van der Waals surface area (Å²) in [5.41, 5.74) is 0.473. The summed E-state index contributed by atoms with van der Waals surface area (Å²) in [4.78, 5) is 2.39. The van der Waals surface area contributed by atoms with Crippen LogP contribution in [0.2, 0.25) is 0 Å². The highest BCUT2D eigenvalue weighted by atomic mass is 16.3. The zero-order valence-corrected chi connectivity index (χ0v) is 11.0. The molecule has 96 valence electrons. The zero-order chi connectivity index (χ0) is 11.9. The second-order valence-electron chi connectivity index (χ2n) is 5.08. The van der Waals surface area contributed by atoms with Crippen LogP contribution in [-0.2, 0) is 0 Å². The number of hydrogen-bond acceptors (Lipinski definition) is 3. The van der Waals surface area contributed by atoms with Crippen LogP contribution >= 0.6 is 0 Å². The van der Waals surface area contributed by atoms with E-state index in [0.717, 1.165) is 32.7 Å². The topological polar surface area (TPSA) is 35.5 Å². The lowest BCUT2D eigenvalue weighted by molar-refractivity contribution is 0.129. The molecule has 1 fully saturated rings. The smallest absolute Gasteiger partial charge is 0.0558 e. The molecule has 0 bridgehead atoms. The van der Waals surface area contributed by atoms with E-state index in [4.69, 9.17) is 5.11 Å². The summed E-state index contributed by atoms with van der Waals surface area (Å²) in [6.07, 6.45) is 5.45. The van der Waals surface area contributed by atoms with Gasteiger partial charge in [-0.05, 0) is 31.3 Å². The van der Waals surface area contributed by atoms with E-state index < -0.39 is 0 Å². The van der Waals surface area contributed by atoms with Crippen LogP contribution in [0.4, 0.5) is 0 Å². The minimum atomic E-state index is 0.283. The van der Waals surface area contributed by atoms with Gasteiger partial charge in [0.05, 0.1) is 6.61 Å². The SMILES string of the molecule is CCNCC1(CN(CC)CCO)CCCC1. The van der Waals surface area contributed by atoms with Crippen molar-refractivity contribution in [1.29, 1.82) is 0 Å². The summed E-state index contributed by atoms with van der Waals surface area (Å²) in [7, 11) is 0. The van der Waals surface area contributed by atoms with Crippen molar-refractivity contribution < 1.29 is 5.11 Å². The van der Waals surface area contributed by atoms with Crippen LogP contribution in [0.15, 0.2) is 0 Å². The van der Waals surface area contributed by atoms with Crippen LogP contribution in [0.5, 0.6) is 0 Å². The second kappa shape index (κ2) is 7.25. The molecule has 1 rings (SSSR count). The van der Waals surface area contributed by atoms with Gasteiger partial charge in [0.1, 0.15) is 0 Å². The highest BCUT2D eigenvalue weighted by Gasteiger charge is 2.34. The van der Waals surface area contributed by atoms with Gasteiger partial charge in [-0.3, -0.25) is 0 Å². The molecule has 1 aliphatic rings. The number of aliphatic hydroxyl groups is 1. The van der Waals surface area contributed by atoms with Crippen molar-refractivity contribution >= 4 is 0 Å². The van der Waals surface area contributed by atoms with Gasteiger partial charge in [0.25, 0.3) is 0 Å². The predicted octanol–water partition coefficient (Wildman–Crippen LogP) is 1.47. The molecule has 0 saturated heterocycles. The first-order valence-electron chi connectivity index (χ1n) is 6.80. The Morgan fingerprint density at radius 2 is 1.94 bits per heavy atom.